The second-order valence-electron chi connectivity index (χ2n) is 5.79. The zero-order valence-electron chi connectivity index (χ0n) is 11.6. The van der Waals surface area contributed by atoms with Crippen LogP contribution in [0.4, 0.5) is 4.79 Å². The molecule has 0 N–H and O–H groups in total. The van der Waals surface area contributed by atoms with Gasteiger partial charge in [0.05, 0.1) is 5.69 Å². The Balaban J connectivity index is 1.96. The third-order valence-corrected chi connectivity index (χ3v) is 3.15. The molecule has 1 saturated heterocycles. The van der Waals surface area contributed by atoms with Crippen molar-refractivity contribution in [2.24, 2.45) is 0 Å². The predicted octanol–water partition coefficient (Wildman–Crippen LogP) is 2.77. The standard InChI is InChI=1S/C13H18ClN3O2/c1-8-10(5-11(14)16-15-8)9-6-17(7-9)12(18)19-13(2,3)4/h5,9H,6-7H2,1-4H3. The van der Waals surface area contributed by atoms with Crippen molar-refractivity contribution in [1.82, 2.24) is 15.1 Å². The Morgan fingerprint density at radius 3 is 2.63 bits per heavy atom. The van der Waals surface area contributed by atoms with Crippen LogP contribution in [0, 0.1) is 6.92 Å². The highest BCUT2D eigenvalue weighted by molar-refractivity contribution is 6.29. The number of halogens is 1. The van der Waals surface area contributed by atoms with Crippen LogP contribution in [0.3, 0.4) is 0 Å². The number of hydrogen-bond acceptors (Lipinski definition) is 4. The minimum Gasteiger partial charge on any atom is -0.444 e. The third-order valence-electron chi connectivity index (χ3n) is 2.96. The van der Waals surface area contributed by atoms with Gasteiger partial charge in [-0.3, -0.25) is 0 Å². The fourth-order valence-corrected chi connectivity index (χ4v) is 2.16. The number of ether oxygens (including phenoxy) is 1. The number of likely N-dealkylation sites (tertiary alicyclic amines) is 1. The molecule has 0 radical (unpaired) electrons. The van der Waals surface area contributed by atoms with Crippen LogP contribution >= 0.6 is 11.6 Å². The molecule has 1 aromatic heterocycles. The van der Waals surface area contributed by atoms with Crippen molar-refractivity contribution >= 4 is 17.7 Å². The molecule has 0 bridgehead atoms. The molecule has 6 heteroatoms. The molecule has 1 amide bonds. The highest BCUT2D eigenvalue weighted by Gasteiger charge is 2.35. The maximum atomic E-state index is 11.8. The summed E-state index contributed by atoms with van der Waals surface area (Å²) >= 11 is 5.85. The minimum absolute atomic E-state index is 0.264. The fourth-order valence-electron chi connectivity index (χ4n) is 2.01. The van der Waals surface area contributed by atoms with Crippen molar-refractivity contribution in [3.8, 4) is 0 Å². The zero-order chi connectivity index (χ0) is 14.2. The topological polar surface area (TPSA) is 55.3 Å². The smallest absolute Gasteiger partial charge is 0.410 e. The number of hydrogen-bond donors (Lipinski definition) is 0. The Morgan fingerprint density at radius 1 is 1.42 bits per heavy atom. The summed E-state index contributed by atoms with van der Waals surface area (Å²) in [4.78, 5) is 13.5. The van der Waals surface area contributed by atoms with E-state index in [0.29, 0.717) is 18.2 Å². The van der Waals surface area contributed by atoms with E-state index < -0.39 is 5.60 Å². The summed E-state index contributed by atoms with van der Waals surface area (Å²) in [5.41, 5.74) is 1.46. The summed E-state index contributed by atoms with van der Waals surface area (Å²) in [6.07, 6.45) is -0.269. The molecule has 0 unspecified atom stereocenters. The third kappa shape index (κ3) is 3.35. The van der Waals surface area contributed by atoms with Crippen molar-refractivity contribution < 1.29 is 9.53 Å². The molecule has 1 aliphatic rings. The molecule has 1 aromatic rings. The van der Waals surface area contributed by atoms with E-state index in [0.717, 1.165) is 11.3 Å². The Kier molecular flexibility index (Phi) is 3.67. The average Bonchev–Trinajstić information content (AvgIpc) is 2.18. The summed E-state index contributed by atoms with van der Waals surface area (Å²) in [7, 11) is 0. The molecule has 2 rings (SSSR count). The molecular formula is C13H18ClN3O2. The summed E-state index contributed by atoms with van der Waals surface area (Å²) in [5.74, 6) is 0.264. The first kappa shape index (κ1) is 14.1. The van der Waals surface area contributed by atoms with Crippen LogP contribution in [0.5, 0.6) is 0 Å². The van der Waals surface area contributed by atoms with Crippen LogP contribution in [-0.4, -0.2) is 39.9 Å². The predicted molar refractivity (Wildman–Crippen MR) is 72.3 cm³/mol. The van der Waals surface area contributed by atoms with Crippen LogP contribution in [0.15, 0.2) is 6.07 Å². The van der Waals surface area contributed by atoms with Gasteiger partial charge < -0.3 is 9.64 Å². The molecule has 19 heavy (non-hydrogen) atoms. The molecule has 0 aliphatic carbocycles. The lowest BCUT2D eigenvalue weighted by molar-refractivity contribution is 0.00810. The molecule has 1 fully saturated rings. The Labute approximate surface area is 117 Å². The second-order valence-corrected chi connectivity index (χ2v) is 6.18. The molecular weight excluding hydrogens is 266 g/mol. The largest absolute Gasteiger partial charge is 0.444 e. The second kappa shape index (κ2) is 4.96. The Morgan fingerprint density at radius 2 is 2.05 bits per heavy atom. The summed E-state index contributed by atoms with van der Waals surface area (Å²) in [6.45, 7) is 8.75. The van der Waals surface area contributed by atoms with Gasteiger partial charge in [-0.15, -0.1) is 5.10 Å². The van der Waals surface area contributed by atoms with E-state index in [4.69, 9.17) is 16.3 Å². The molecule has 0 saturated carbocycles. The van der Waals surface area contributed by atoms with Gasteiger partial charge in [-0.25, -0.2) is 4.79 Å². The number of carbonyl (C=O) groups is 1. The van der Waals surface area contributed by atoms with Crippen molar-refractivity contribution in [2.75, 3.05) is 13.1 Å². The first-order valence-electron chi connectivity index (χ1n) is 6.24. The van der Waals surface area contributed by atoms with Crippen molar-refractivity contribution in [3.05, 3.63) is 22.5 Å². The number of amides is 1. The zero-order valence-corrected chi connectivity index (χ0v) is 12.4. The highest BCUT2D eigenvalue weighted by Crippen LogP contribution is 2.30. The lowest BCUT2D eigenvalue weighted by atomic mass is 9.91. The number of aromatic nitrogens is 2. The number of nitrogens with zero attached hydrogens (tertiary/aromatic N) is 3. The van der Waals surface area contributed by atoms with Gasteiger partial charge in [-0.1, -0.05) is 11.6 Å². The monoisotopic (exact) mass is 283 g/mol. The maximum absolute atomic E-state index is 11.8. The average molecular weight is 284 g/mol. The van der Waals surface area contributed by atoms with Crippen molar-refractivity contribution in [3.63, 3.8) is 0 Å². The van der Waals surface area contributed by atoms with Crippen LogP contribution in [0.2, 0.25) is 5.15 Å². The van der Waals surface area contributed by atoms with E-state index in [2.05, 4.69) is 10.2 Å². The van der Waals surface area contributed by atoms with Gasteiger partial charge in [0.2, 0.25) is 0 Å². The summed E-state index contributed by atoms with van der Waals surface area (Å²) in [6, 6.07) is 1.82. The van der Waals surface area contributed by atoms with Gasteiger partial charge in [-0.05, 0) is 39.3 Å². The minimum atomic E-state index is -0.459. The van der Waals surface area contributed by atoms with Gasteiger partial charge in [0, 0.05) is 19.0 Å². The van der Waals surface area contributed by atoms with E-state index in [1.165, 1.54) is 0 Å². The molecule has 1 aliphatic heterocycles. The van der Waals surface area contributed by atoms with Crippen molar-refractivity contribution in [2.45, 2.75) is 39.2 Å². The Bertz CT molecular complexity index is 493. The first-order chi connectivity index (χ1) is 8.76. The van der Waals surface area contributed by atoms with Crippen LogP contribution in [0.1, 0.15) is 37.9 Å². The molecule has 2 heterocycles. The normalized spacial score (nSPS) is 16.2. The lowest BCUT2D eigenvalue weighted by Gasteiger charge is -2.40. The number of rotatable bonds is 1. The van der Waals surface area contributed by atoms with E-state index in [1.807, 2.05) is 33.8 Å². The highest BCUT2D eigenvalue weighted by atomic mass is 35.5. The quantitative estimate of drug-likeness (QED) is 0.795. The van der Waals surface area contributed by atoms with E-state index in [9.17, 15) is 4.79 Å². The first-order valence-corrected chi connectivity index (χ1v) is 6.62. The maximum Gasteiger partial charge on any atom is 0.410 e. The molecule has 0 aromatic carbocycles. The summed E-state index contributed by atoms with van der Waals surface area (Å²) in [5, 5.41) is 8.17. The van der Waals surface area contributed by atoms with E-state index in [1.54, 1.807) is 4.90 Å². The molecule has 104 valence electrons. The number of carbonyl (C=O) groups excluding carboxylic acids is 1. The molecule has 5 nitrogen and oxygen atoms in total. The molecule has 0 spiro atoms. The SMILES string of the molecule is Cc1nnc(Cl)cc1C1CN(C(=O)OC(C)(C)C)C1. The van der Waals surface area contributed by atoms with Crippen molar-refractivity contribution in [1.29, 1.82) is 0 Å². The van der Waals surface area contributed by atoms with Crippen LogP contribution in [-0.2, 0) is 4.74 Å². The van der Waals surface area contributed by atoms with Gasteiger partial charge in [0.1, 0.15) is 5.60 Å². The van der Waals surface area contributed by atoms with Gasteiger partial charge >= 0.3 is 6.09 Å². The van der Waals surface area contributed by atoms with Crippen LogP contribution < -0.4 is 0 Å². The van der Waals surface area contributed by atoms with Gasteiger partial charge in [0.15, 0.2) is 5.15 Å². The van der Waals surface area contributed by atoms with Gasteiger partial charge in [-0.2, -0.15) is 5.10 Å². The lowest BCUT2D eigenvalue weighted by Crippen LogP contribution is -2.50. The Hall–Kier alpha value is -1.36. The summed E-state index contributed by atoms with van der Waals surface area (Å²) < 4.78 is 5.31. The molecule has 0 atom stereocenters. The van der Waals surface area contributed by atoms with E-state index in [-0.39, 0.29) is 12.0 Å². The van der Waals surface area contributed by atoms with Gasteiger partial charge in [0.25, 0.3) is 0 Å². The number of aryl methyl sites for hydroxylation is 1. The van der Waals surface area contributed by atoms with Crippen LogP contribution in [0.25, 0.3) is 0 Å². The van der Waals surface area contributed by atoms with E-state index >= 15 is 0 Å². The fraction of sp³-hybridized carbons (Fsp3) is 0.615.